The first-order valence-corrected chi connectivity index (χ1v) is 7.25. The maximum Gasteiger partial charge on any atom is 0.161 e. The predicted octanol–water partition coefficient (Wildman–Crippen LogP) is 3.13. The topological polar surface area (TPSA) is 30.5 Å². The first-order valence-electron chi connectivity index (χ1n) is 7.25. The molecule has 1 unspecified atom stereocenters. The third kappa shape index (κ3) is 2.75. The Morgan fingerprint density at radius 1 is 1.00 bits per heavy atom. The highest BCUT2D eigenvalue weighted by Gasteiger charge is 2.35. The van der Waals surface area contributed by atoms with Crippen molar-refractivity contribution in [3.8, 4) is 11.5 Å². The lowest BCUT2D eigenvalue weighted by molar-refractivity contribution is 0.224. The van der Waals surface area contributed by atoms with Gasteiger partial charge in [-0.25, -0.2) is 0 Å². The molecule has 1 aromatic rings. The molecule has 20 heavy (non-hydrogen) atoms. The molecule has 1 N–H and O–H groups in total. The molecule has 1 atom stereocenters. The normalized spacial score (nSPS) is 24.7. The maximum atomic E-state index is 5.43. The number of halogens is 1. The lowest BCUT2D eigenvalue weighted by Gasteiger charge is -2.42. The second-order valence-corrected chi connectivity index (χ2v) is 5.82. The van der Waals surface area contributed by atoms with Gasteiger partial charge in [-0.2, -0.15) is 0 Å². The molecule has 0 aromatic heterocycles. The zero-order valence-corrected chi connectivity index (χ0v) is 13.1. The van der Waals surface area contributed by atoms with Crippen LogP contribution >= 0.6 is 12.4 Å². The van der Waals surface area contributed by atoms with E-state index in [1.165, 1.54) is 43.4 Å². The van der Waals surface area contributed by atoms with Gasteiger partial charge in [-0.3, -0.25) is 0 Å². The predicted molar refractivity (Wildman–Crippen MR) is 83.4 cm³/mol. The molecule has 0 radical (unpaired) electrons. The van der Waals surface area contributed by atoms with E-state index in [1.54, 1.807) is 14.2 Å². The number of rotatable bonds is 2. The number of hydrogen-bond donors (Lipinski definition) is 1. The van der Waals surface area contributed by atoms with Crippen molar-refractivity contribution in [2.45, 2.75) is 44.1 Å². The largest absolute Gasteiger partial charge is 0.493 e. The van der Waals surface area contributed by atoms with Gasteiger partial charge in [-0.1, -0.05) is 6.42 Å². The Balaban J connectivity index is 0.00000147. The number of nitrogens with one attached hydrogen (secondary N) is 1. The Bertz CT molecular complexity index is 470. The van der Waals surface area contributed by atoms with Gasteiger partial charge in [0, 0.05) is 5.54 Å². The van der Waals surface area contributed by atoms with E-state index in [-0.39, 0.29) is 12.4 Å². The van der Waals surface area contributed by atoms with Gasteiger partial charge < -0.3 is 14.8 Å². The van der Waals surface area contributed by atoms with Crippen molar-refractivity contribution >= 4 is 12.4 Å². The van der Waals surface area contributed by atoms with Gasteiger partial charge in [0.2, 0.25) is 0 Å². The summed E-state index contributed by atoms with van der Waals surface area (Å²) in [6.45, 7) is 1.17. The van der Waals surface area contributed by atoms with Crippen LogP contribution in [0, 0.1) is 0 Å². The summed E-state index contributed by atoms with van der Waals surface area (Å²) in [5, 5.41) is 3.77. The molecule has 2 aliphatic rings. The van der Waals surface area contributed by atoms with Gasteiger partial charge in [0.15, 0.2) is 11.5 Å². The van der Waals surface area contributed by atoms with Crippen molar-refractivity contribution in [1.29, 1.82) is 0 Å². The molecule has 0 amide bonds. The summed E-state index contributed by atoms with van der Waals surface area (Å²) in [5.41, 5.74) is 3.19. The van der Waals surface area contributed by atoms with Crippen molar-refractivity contribution in [2.75, 3.05) is 20.8 Å². The zero-order valence-electron chi connectivity index (χ0n) is 12.3. The Morgan fingerprint density at radius 3 is 2.30 bits per heavy atom. The van der Waals surface area contributed by atoms with E-state index in [2.05, 4.69) is 17.4 Å². The van der Waals surface area contributed by atoms with E-state index in [1.807, 2.05) is 0 Å². The number of benzene rings is 1. The molecular formula is C16H24ClNO2. The Kier molecular flexibility index (Phi) is 4.82. The highest BCUT2D eigenvalue weighted by atomic mass is 35.5. The number of hydrogen-bond acceptors (Lipinski definition) is 3. The molecule has 1 saturated heterocycles. The van der Waals surface area contributed by atoms with Crippen molar-refractivity contribution in [3.63, 3.8) is 0 Å². The minimum absolute atomic E-state index is 0. The summed E-state index contributed by atoms with van der Waals surface area (Å²) in [6.07, 6.45) is 7.50. The molecule has 3 nitrogen and oxygen atoms in total. The minimum Gasteiger partial charge on any atom is -0.493 e. The molecule has 1 fully saturated rings. The summed E-state index contributed by atoms with van der Waals surface area (Å²) in [5.74, 6) is 1.71. The number of piperidine rings is 1. The summed E-state index contributed by atoms with van der Waals surface area (Å²) in [7, 11) is 3.42. The molecule has 0 saturated carbocycles. The fourth-order valence-corrected chi connectivity index (χ4v) is 3.58. The molecule has 1 aliphatic carbocycles. The monoisotopic (exact) mass is 297 g/mol. The van der Waals surface area contributed by atoms with Crippen LogP contribution in [-0.2, 0) is 12.8 Å². The molecule has 1 aromatic carbocycles. The van der Waals surface area contributed by atoms with Gasteiger partial charge in [-0.05, 0) is 61.9 Å². The lowest BCUT2D eigenvalue weighted by atomic mass is 9.73. The van der Waals surface area contributed by atoms with E-state index in [0.717, 1.165) is 24.3 Å². The van der Waals surface area contributed by atoms with E-state index in [9.17, 15) is 0 Å². The van der Waals surface area contributed by atoms with Crippen LogP contribution in [0.3, 0.4) is 0 Å². The maximum absolute atomic E-state index is 5.43. The SMILES string of the molecule is COc1cc2c(cc1OC)CC1(CCCCN1)CC2.Cl. The average Bonchev–Trinajstić information content (AvgIpc) is 2.46. The number of fused-ring (bicyclic) bond motifs is 1. The van der Waals surface area contributed by atoms with Crippen molar-refractivity contribution < 1.29 is 9.47 Å². The fourth-order valence-electron chi connectivity index (χ4n) is 3.58. The smallest absolute Gasteiger partial charge is 0.161 e. The summed E-state index contributed by atoms with van der Waals surface area (Å²) < 4.78 is 10.8. The molecular weight excluding hydrogens is 274 g/mol. The molecule has 1 aliphatic heterocycles. The minimum atomic E-state index is 0. The van der Waals surface area contributed by atoms with Crippen molar-refractivity contribution in [3.05, 3.63) is 23.3 Å². The van der Waals surface area contributed by atoms with Crippen LogP contribution in [0.25, 0.3) is 0 Å². The van der Waals surface area contributed by atoms with Crippen molar-refractivity contribution in [1.82, 2.24) is 5.32 Å². The lowest BCUT2D eigenvalue weighted by Crippen LogP contribution is -2.52. The van der Waals surface area contributed by atoms with Gasteiger partial charge >= 0.3 is 0 Å². The zero-order chi connectivity index (χ0) is 13.3. The van der Waals surface area contributed by atoms with E-state index >= 15 is 0 Å². The first-order chi connectivity index (χ1) is 9.26. The van der Waals surface area contributed by atoms with E-state index in [0.29, 0.717) is 5.54 Å². The Morgan fingerprint density at radius 2 is 1.70 bits per heavy atom. The number of aryl methyl sites for hydroxylation is 1. The Hall–Kier alpha value is -0.930. The van der Waals surface area contributed by atoms with Crippen LogP contribution in [0.4, 0.5) is 0 Å². The average molecular weight is 298 g/mol. The van der Waals surface area contributed by atoms with Crippen LogP contribution in [0.2, 0.25) is 0 Å². The van der Waals surface area contributed by atoms with Gasteiger partial charge in [0.1, 0.15) is 0 Å². The highest BCUT2D eigenvalue weighted by molar-refractivity contribution is 5.85. The van der Waals surface area contributed by atoms with Crippen LogP contribution in [0.1, 0.15) is 36.8 Å². The van der Waals surface area contributed by atoms with E-state index in [4.69, 9.17) is 9.47 Å². The van der Waals surface area contributed by atoms with Gasteiger partial charge in [-0.15, -0.1) is 12.4 Å². The Labute approximate surface area is 127 Å². The third-order valence-corrected chi connectivity index (χ3v) is 4.69. The quantitative estimate of drug-likeness (QED) is 0.910. The van der Waals surface area contributed by atoms with Crippen LogP contribution in [0.15, 0.2) is 12.1 Å². The molecule has 3 rings (SSSR count). The fraction of sp³-hybridized carbons (Fsp3) is 0.625. The van der Waals surface area contributed by atoms with Crippen molar-refractivity contribution in [2.24, 2.45) is 0 Å². The summed E-state index contributed by atoms with van der Waals surface area (Å²) in [6, 6.07) is 4.33. The molecule has 1 heterocycles. The first kappa shape index (κ1) is 15.5. The second kappa shape index (κ2) is 6.23. The summed E-state index contributed by atoms with van der Waals surface area (Å²) >= 11 is 0. The highest BCUT2D eigenvalue weighted by Crippen LogP contribution is 2.39. The molecule has 4 heteroatoms. The molecule has 1 spiro atoms. The van der Waals surface area contributed by atoms with E-state index < -0.39 is 0 Å². The van der Waals surface area contributed by atoms with Gasteiger partial charge in [0.05, 0.1) is 14.2 Å². The molecule has 112 valence electrons. The van der Waals surface area contributed by atoms with Crippen LogP contribution in [-0.4, -0.2) is 26.3 Å². The number of ether oxygens (including phenoxy) is 2. The standard InChI is InChI=1S/C16H23NO2.ClH/c1-18-14-9-12-5-7-16(6-3-4-8-17-16)11-13(12)10-15(14)19-2;/h9-10,17H,3-8,11H2,1-2H3;1H. The molecule has 0 bridgehead atoms. The van der Waals surface area contributed by atoms with Crippen LogP contribution in [0.5, 0.6) is 11.5 Å². The van der Waals surface area contributed by atoms with Gasteiger partial charge in [0.25, 0.3) is 0 Å². The third-order valence-electron chi connectivity index (χ3n) is 4.69. The summed E-state index contributed by atoms with van der Waals surface area (Å²) in [4.78, 5) is 0. The second-order valence-electron chi connectivity index (χ2n) is 5.82. The number of methoxy groups -OCH3 is 2. The van der Waals surface area contributed by atoms with Crippen LogP contribution < -0.4 is 14.8 Å².